The summed E-state index contributed by atoms with van der Waals surface area (Å²) in [4.78, 5) is 23.8. The second kappa shape index (κ2) is 5.81. The number of amides is 1. The molecule has 6 nitrogen and oxygen atoms in total. The molecule has 0 bridgehead atoms. The fraction of sp³-hybridized carbons (Fsp3) is 0.235. The molecule has 2 N–H and O–H groups in total. The van der Waals surface area contributed by atoms with Crippen LogP contribution in [0.1, 0.15) is 6.42 Å². The second-order valence-electron chi connectivity index (χ2n) is 5.63. The van der Waals surface area contributed by atoms with Gasteiger partial charge in [-0.3, -0.25) is 9.78 Å². The minimum atomic E-state index is -0.0801. The normalized spacial score (nSPS) is 17.5. The lowest BCUT2D eigenvalue weighted by atomic mass is 10.1. The van der Waals surface area contributed by atoms with E-state index in [9.17, 15) is 4.79 Å². The lowest BCUT2D eigenvalue weighted by molar-refractivity contribution is -0.119. The minimum Gasteiger partial charge on any atom is -0.381 e. The molecule has 1 fully saturated rings. The van der Waals surface area contributed by atoms with Crippen molar-refractivity contribution in [1.29, 1.82) is 0 Å². The Morgan fingerprint density at radius 3 is 2.96 bits per heavy atom. The first-order valence-electron chi connectivity index (χ1n) is 7.57. The molecule has 6 heteroatoms. The quantitative estimate of drug-likeness (QED) is 0.779. The molecule has 116 valence electrons. The summed E-state index contributed by atoms with van der Waals surface area (Å²) in [5, 5.41) is 3.86. The van der Waals surface area contributed by atoms with Gasteiger partial charge in [0.1, 0.15) is 5.82 Å². The number of H-pyrrole nitrogens is 1. The molecule has 0 saturated carbocycles. The molecule has 1 atom stereocenters. The maximum absolute atomic E-state index is 12.1. The number of aromatic nitrogens is 3. The van der Waals surface area contributed by atoms with Gasteiger partial charge in [-0.15, -0.1) is 0 Å². The van der Waals surface area contributed by atoms with Crippen LogP contribution < -0.4 is 5.32 Å². The molecule has 0 radical (unpaired) electrons. The van der Waals surface area contributed by atoms with E-state index in [2.05, 4.69) is 20.3 Å². The second-order valence-corrected chi connectivity index (χ2v) is 5.63. The van der Waals surface area contributed by atoms with Crippen molar-refractivity contribution < 1.29 is 9.53 Å². The summed E-state index contributed by atoms with van der Waals surface area (Å²) >= 11 is 0. The van der Waals surface area contributed by atoms with E-state index in [1.54, 1.807) is 18.6 Å². The molecule has 23 heavy (non-hydrogen) atoms. The molecule has 4 heterocycles. The molecule has 3 aromatic rings. The molecule has 0 spiro atoms. The molecule has 1 aliphatic rings. The topological polar surface area (TPSA) is 79.9 Å². The Balaban J connectivity index is 1.59. The predicted octanol–water partition coefficient (Wildman–Crippen LogP) is 2.60. The van der Waals surface area contributed by atoms with Crippen LogP contribution in [-0.2, 0) is 9.53 Å². The van der Waals surface area contributed by atoms with Gasteiger partial charge < -0.3 is 15.0 Å². The van der Waals surface area contributed by atoms with E-state index < -0.39 is 0 Å². The van der Waals surface area contributed by atoms with Crippen LogP contribution in [0.15, 0.2) is 42.9 Å². The average molecular weight is 308 g/mol. The number of hydrogen-bond donors (Lipinski definition) is 2. The van der Waals surface area contributed by atoms with Crippen LogP contribution in [0, 0.1) is 5.92 Å². The van der Waals surface area contributed by atoms with Gasteiger partial charge in [0, 0.05) is 47.9 Å². The fourth-order valence-corrected chi connectivity index (χ4v) is 2.75. The van der Waals surface area contributed by atoms with E-state index in [0.717, 1.165) is 28.6 Å². The number of rotatable bonds is 3. The smallest absolute Gasteiger partial charge is 0.231 e. The summed E-state index contributed by atoms with van der Waals surface area (Å²) in [7, 11) is 0. The molecule has 3 aromatic heterocycles. The number of nitrogens with zero attached hydrogens (tertiary/aromatic N) is 2. The first kappa shape index (κ1) is 13.9. The first-order chi connectivity index (χ1) is 11.3. The summed E-state index contributed by atoms with van der Waals surface area (Å²) in [5.41, 5.74) is 2.99. The molecule has 1 amide bonds. The van der Waals surface area contributed by atoms with Crippen LogP contribution in [-0.4, -0.2) is 34.1 Å². The third kappa shape index (κ3) is 2.80. The van der Waals surface area contributed by atoms with Gasteiger partial charge in [-0.25, -0.2) is 4.98 Å². The molecule has 4 rings (SSSR count). The number of hydrogen-bond acceptors (Lipinski definition) is 4. The van der Waals surface area contributed by atoms with Gasteiger partial charge in [0.15, 0.2) is 0 Å². The van der Waals surface area contributed by atoms with Gasteiger partial charge in [-0.1, -0.05) is 0 Å². The largest absolute Gasteiger partial charge is 0.381 e. The Morgan fingerprint density at radius 2 is 2.17 bits per heavy atom. The Kier molecular flexibility index (Phi) is 3.51. The molecule has 1 unspecified atom stereocenters. The number of fused-ring (bicyclic) bond motifs is 1. The highest BCUT2D eigenvalue weighted by atomic mass is 16.5. The highest BCUT2D eigenvalue weighted by Gasteiger charge is 2.23. The minimum absolute atomic E-state index is 0.0322. The lowest BCUT2D eigenvalue weighted by Gasteiger charge is -2.08. The Bertz CT molecular complexity index is 838. The Hall–Kier alpha value is -2.73. The van der Waals surface area contributed by atoms with E-state index >= 15 is 0 Å². The zero-order valence-electron chi connectivity index (χ0n) is 12.5. The van der Waals surface area contributed by atoms with E-state index in [4.69, 9.17) is 4.74 Å². The summed E-state index contributed by atoms with van der Waals surface area (Å²) in [5.74, 6) is 0.441. The molecular weight excluding hydrogens is 292 g/mol. The average Bonchev–Trinajstić information content (AvgIpc) is 3.25. The van der Waals surface area contributed by atoms with Gasteiger partial charge in [0.25, 0.3) is 0 Å². The Labute approximate surface area is 132 Å². The summed E-state index contributed by atoms with van der Waals surface area (Å²) in [6, 6.07) is 7.78. The van der Waals surface area contributed by atoms with Gasteiger partial charge in [0.05, 0.1) is 18.0 Å². The van der Waals surface area contributed by atoms with Crippen molar-refractivity contribution in [3.8, 4) is 11.3 Å². The van der Waals surface area contributed by atoms with Crippen molar-refractivity contribution in [2.45, 2.75) is 6.42 Å². The number of pyridine rings is 2. The van der Waals surface area contributed by atoms with Crippen molar-refractivity contribution in [2.75, 3.05) is 18.5 Å². The number of ether oxygens (including phenoxy) is 1. The summed E-state index contributed by atoms with van der Waals surface area (Å²) < 4.78 is 5.25. The number of carbonyl (C=O) groups excluding carboxylic acids is 1. The van der Waals surface area contributed by atoms with E-state index in [1.807, 2.05) is 24.3 Å². The number of carbonyl (C=O) groups is 1. The molecular formula is C17H16N4O2. The number of aromatic amines is 1. The fourth-order valence-electron chi connectivity index (χ4n) is 2.75. The zero-order chi connectivity index (χ0) is 15.6. The standard InChI is InChI=1S/C17H16N4O2/c22-17(12-3-6-23-10-12)21-16-8-15-13(9-19-16)7-14(20-15)11-1-4-18-5-2-11/h1-2,4-5,7-9,12,20H,3,6,10H2,(H,19,21,22). The van der Waals surface area contributed by atoms with Crippen LogP contribution in [0.25, 0.3) is 22.2 Å². The van der Waals surface area contributed by atoms with Crippen molar-refractivity contribution in [3.05, 3.63) is 42.9 Å². The van der Waals surface area contributed by atoms with E-state index in [-0.39, 0.29) is 11.8 Å². The highest BCUT2D eigenvalue weighted by Crippen LogP contribution is 2.25. The van der Waals surface area contributed by atoms with E-state index in [1.165, 1.54) is 0 Å². The van der Waals surface area contributed by atoms with Crippen LogP contribution >= 0.6 is 0 Å². The monoisotopic (exact) mass is 308 g/mol. The number of anilines is 1. The first-order valence-corrected chi connectivity index (χ1v) is 7.57. The SMILES string of the molecule is O=C(Nc1cc2[nH]c(-c3ccncc3)cc2cn1)C1CCOC1. The maximum Gasteiger partial charge on any atom is 0.231 e. The maximum atomic E-state index is 12.1. The van der Waals surface area contributed by atoms with Gasteiger partial charge in [0.2, 0.25) is 5.91 Å². The third-order valence-corrected chi connectivity index (χ3v) is 4.05. The Morgan fingerprint density at radius 1 is 1.30 bits per heavy atom. The van der Waals surface area contributed by atoms with Crippen LogP contribution in [0.2, 0.25) is 0 Å². The summed E-state index contributed by atoms with van der Waals surface area (Å²) in [6.07, 6.45) is 6.04. The van der Waals surface area contributed by atoms with Crippen molar-refractivity contribution >= 4 is 22.6 Å². The lowest BCUT2D eigenvalue weighted by Crippen LogP contribution is -2.23. The van der Waals surface area contributed by atoms with Crippen LogP contribution in [0.3, 0.4) is 0 Å². The van der Waals surface area contributed by atoms with Gasteiger partial charge in [-0.2, -0.15) is 0 Å². The highest BCUT2D eigenvalue weighted by molar-refractivity contribution is 5.94. The van der Waals surface area contributed by atoms with Crippen molar-refractivity contribution in [1.82, 2.24) is 15.0 Å². The molecule has 1 aliphatic heterocycles. The number of nitrogens with one attached hydrogen (secondary N) is 2. The van der Waals surface area contributed by atoms with Gasteiger partial charge >= 0.3 is 0 Å². The molecule has 0 aliphatic carbocycles. The van der Waals surface area contributed by atoms with Crippen LogP contribution in [0.4, 0.5) is 5.82 Å². The van der Waals surface area contributed by atoms with E-state index in [0.29, 0.717) is 19.0 Å². The van der Waals surface area contributed by atoms with Crippen molar-refractivity contribution in [3.63, 3.8) is 0 Å². The predicted molar refractivity (Wildman–Crippen MR) is 86.9 cm³/mol. The molecule has 0 aromatic carbocycles. The van der Waals surface area contributed by atoms with Gasteiger partial charge in [-0.05, 0) is 24.6 Å². The van der Waals surface area contributed by atoms with Crippen LogP contribution in [0.5, 0.6) is 0 Å². The van der Waals surface area contributed by atoms with Crippen molar-refractivity contribution in [2.24, 2.45) is 5.92 Å². The summed E-state index contributed by atoms with van der Waals surface area (Å²) in [6.45, 7) is 1.14. The molecule has 1 saturated heterocycles. The zero-order valence-corrected chi connectivity index (χ0v) is 12.5. The third-order valence-electron chi connectivity index (χ3n) is 4.05.